The van der Waals surface area contributed by atoms with Crippen molar-refractivity contribution in [2.75, 3.05) is 11.1 Å². The van der Waals surface area contributed by atoms with Crippen LogP contribution in [0.2, 0.25) is 0 Å². The van der Waals surface area contributed by atoms with Crippen molar-refractivity contribution in [2.45, 2.75) is 37.1 Å². The number of benzene rings is 1. The van der Waals surface area contributed by atoms with Crippen molar-refractivity contribution in [3.63, 3.8) is 0 Å². The van der Waals surface area contributed by atoms with Crippen molar-refractivity contribution < 1.29 is 13.2 Å². The van der Waals surface area contributed by atoms with Crippen LogP contribution in [0.25, 0.3) is 0 Å². The minimum absolute atomic E-state index is 0.0115. The molecule has 1 aliphatic carbocycles. The van der Waals surface area contributed by atoms with E-state index in [1.807, 2.05) is 0 Å². The fraction of sp³-hybridized carbons (Fsp3) is 0.500. The molecular weight excluding hydrogens is 276 g/mol. The van der Waals surface area contributed by atoms with Gasteiger partial charge in [-0.15, -0.1) is 0 Å². The first kappa shape index (κ1) is 15.0. The van der Waals surface area contributed by atoms with Crippen molar-refractivity contribution in [3.8, 4) is 0 Å². The van der Waals surface area contributed by atoms with Gasteiger partial charge >= 0.3 is 0 Å². The maximum Gasteiger partial charge on any atom is 0.244 e. The average molecular weight is 296 g/mol. The molecule has 0 spiro atoms. The van der Waals surface area contributed by atoms with Crippen LogP contribution in [0.1, 0.15) is 26.7 Å². The smallest absolute Gasteiger partial charge is 0.244 e. The molecule has 20 heavy (non-hydrogen) atoms. The molecule has 6 heteroatoms. The summed E-state index contributed by atoms with van der Waals surface area (Å²) >= 11 is 0. The van der Waals surface area contributed by atoms with Crippen molar-refractivity contribution in [3.05, 3.63) is 24.3 Å². The van der Waals surface area contributed by atoms with E-state index in [0.29, 0.717) is 5.69 Å². The topological polar surface area (TPSA) is 89.3 Å². The van der Waals surface area contributed by atoms with Gasteiger partial charge in [0.05, 0.1) is 21.9 Å². The summed E-state index contributed by atoms with van der Waals surface area (Å²) in [6.45, 7) is 3.27. The number of nitrogens with one attached hydrogen (secondary N) is 1. The number of rotatable bonds is 5. The molecule has 0 aliphatic heterocycles. The molecule has 0 saturated heterocycles. The van der Waals surface area contributed by atoms with E-state index < -0.39 is 15.4 Å². The summed E-state index contributed by atoms with van der Waals surface area (Å²) < 4.78 is 24.0. The Labute approximate surface area is 119 Å². The number of sulfone groups is 1. The molecule has 0 bridgehead atoms. The zero-order valence-corrected chi connectivity index (χ0v) is 12.5. The van der Waals surface area contributed by atoms with Crippen molar-refractivity contribution >= 4 is 21.4 Å². The molecule has 3 N–H and O–H groups in total. The van der Waals surface area contributed by atoms with Gasteiger partial charge in [0, 0.05) is 0 Å². The third kappa shape index (κ3) is 2.86. The van der Waals surface area contributed by atoms with Crippen LogP contribution in [0.5, 0.6) is 0 Å². The minimum Gasteiger partial charge on any atom is -0.323 e. The van der Waals surface area contributed by atoms with Crippen molar-refractivity contribution in [1.82, 2.24) is 0 Å². The van der Waals surface area contributed by atoms with Gasteiger partial charge < -0.3 is 11.1 Å². The molecule has 1 amide bonds. The number of hydrogen-bond acceptors (Lipinski definition) is 4. The maximum absolute atomic E-state index is 12.3. The number of nitrogens with two attached hydrogens (primary N) is 1. The molecule has 0 aromatic heterocycles. The highest BCUT2D eigenvalue weighted by Gasteiger charge is 2.44. The molecule has 1 atom stereocenters. The SMILES string of the molecule is CCS(=O)(=O)c1ccccc1NC(=O)C(C)(N)C1CC1. The standard InChI is InChI=1S/C14H20N2O3S/c1-3-20(18,19)12-7-5-4-6-11(12)16-13(17)14(2,15)10-8-9-10/h4-7,10H,3,8-9,15H2,1-2H3,(H,16,17). The van der Waals surface area contributed by atoms with Crippen LogP contribution < -0.4 is 11.1 Å². The predicted octanol–water partition coefficient (Wildman–Crippen LogP) is 1.55. The first-order valence-electron chi connectivity index (χ1n) is 6.71. The van der Waals surface area contributed by atoms with Crippen LogP contribution >= 0.6 is 0 Å². The lowest BCUT2D eigenvalue weighted by molar-refractivity contribution is -0.121. The number of carbonyl (C=O) groups is 1. The molecule has 5 nitrogen and oxygen atoms in total. The molecular formula is C14H20N2O3S. The second kappa shape index (κ2) is 5.18. The second-order valence-corrected chi connectivity index (χ2v) is 7.66. The van der Waals surface area contributed by atoms with E-state index in [0.717, 1.165) is 12.8 Å². The first-order chi connectivity index (χ1) is 9.29. The van der Waals surface area contributed by atoms with Gasteiger partial charge in [-0.2, -0.15) is 0 Å². The fourth-order valence-corrected chi connectivity index (χ4v) is 3.17. The number of hydrogen-bond donors (Lipinski definition) is 2. The highest BCUT2D eigenvalue weighted by molar-refractivity contribution is 7.91. The van der Waals surface area contributed by atoms with Crippen molar-refractivity contribution in [1.29, 1.82) is 0 Å². The normalized spacial score (nSPS) is 18.4. The molecule has 1 saturated carbocycles. The number of para-hydroxylation sites is 1. The number of amides is 1. The Kier molecular flexibility index (Phi) is 3.88. The quantitative estimate of drug-likeness (QED) is 0.862. The Hall–Kier alpha value is -1.40. The lowest BCUT2D eigenvalue weighted by Crippen LogP contribution is -2.50. The summed E-state index contributed by atoms with van der Waals surface area (Å²) in [5.41, 5.74) is 5.39. The van der Waals surface area contributed by atoms with Gasteiger partial charge in [-0.25, -0.2) is 8.42 Å². The Balaban J connectivity index is 2.28. The molecule has 1 unspecified atom stereocenters. The van der Waals surface area contributed by atoms with Crippen LogP contribution in [0.4, 0.5) is 5.69 Å². The Morgan fingerprint density at radius 3 is 2.55 bits per heavy atom. The molecule has 1 aromatic rings. The summed E-state index contributed by atoms with van der Waals surface area (Å²) in [7, 11) is -3.38. The van der Waals surface area contributed by atoms with Gasteiger partial charge in [0.25, 0.3) is 0 Å². The molecule has 1 fully saturated rings. The fourth-order valence-electron chi connectivity index (χ4n) is 2.12. The van der Waals surface area contributed by atoms with Gasteiger partial charge in [-0.05, 0) is 37.8 Å². The largest absolute Gasteiger partial charge is 0.323 e. The van der Waals surface area contributed by atoms with Crippen LogP contribution in [0.3, 0.4) is 0 Å². The van der Waals surface area contributed by atoms with E-state index in [1.54, 1.807) is 32.0 Å². The Morgan fingerprint density at radius 2 is 2.00 bits per heavy atom. The summed E-state index contributed by atoms with van der Waals surface area (Å²) in [5.74, 6) is -0.168. The van der Waals surface area contributed by atoms with Crippen LogP contribution in [0.15, 0.2) is 29.2 Å². The summed E-state index contributed by atoms with van der Waals surface area (Å²) in [6, 6.07) is 6.42. The zero-order valence-electron chi connectivity index (χ0n) is 11.7. The Morgan fingerprint density at radius 1 is 1.40 bits per heavy atom. The van der Waals surface area contributed by atoms with E-state index in [2.05, 4.69) is 5.32 Å². The summed E-state index contributed by atoms with van der Waals surface area (Å²) in [6.07, 6.45) is 1.88. The third-order valence-electron chi connectivity index (χ3n) is 3.77. The minimum atomic E-state index is -3.38. The van der Waals surface area contributed by atoms with E-state index >= 15 is 0 Å². The van der Waals surface area contributed by atoms with Gasteiger partial charge in [0.1, 0.15) is 0 Å². The lowest BCUT2D eigenvalue weighted by Gasteiger charge is -2.23. The van der Waals surface area contributed by atoms with Gasteiger partial charge in [-0.3, -0.25) is 4.79 Å². The molecule has 2 rings (SSSR count). The van der Waals surface area contributed by atoms with E-state index in [-0.39, 0.29) is 22.5 Å². The maximum atomic E-state index is 12.3. The van der Waals surface area contributed by atoms with Gasteiger partial charge in [-0.1, -0.05) is 19.1 Å². The van der Waals surface area contributed by atoms with Crippen molar-refractivity contribution in [2.24, 2.45) is 11.7 Å². The van der Waals surface area contributed by atoms with E-state index in [4.69, 9.17) is 5.73 Å². The summed E-state index contributed by atoms with van der Waals surface area (Å²) in [4.78, 5) is 12.4. The van der Waals surface area contributed by atoms with E-state index in [9.17, 15) is 13.2 Å². The second-order valence-electron chi connectivity index (χ2n) is 5.41. The van der Waals surface area contributed by atoms with Crippen LogP contribution in [0, 0.1) is 5.92 Å². The molecule has 1 aromatic carbocycles. The molecule has 110 valence electrons. The zero-order chi connectivity index (χ0) is 15.0. The third-order valence-corrected chi connectivity index (χ3v) is 5.55. The van der Waals surface area contributed by atoms with Gasteiger partial charge in [0.15, 0.2) is 9.84 Å². The highest BCUT2D eigenvalue weighted by atomic mass is 32.2. The summed E-state index contributed by atoms with van der Waals surface area (Å²) in [5, 5.41) is 2.67. The molecule has 1 aliphatic rings. The monoisotopic (exact) mass is 296 g/mol. The van der Waals surface area contributed by atoms with Crippen LogP contribution in [-0.4, -0.2) is 25.6 Å². The van der Waals surface area contributed by atoms with E-state index in [1.165, 1.54) is 6.07 Å². The predicted molar refractivity (Wildman–Crippen MR) is 78.1 cm³/mol. The number of carbonyl (C=O) groups excluding carboxylic acids is 1. The highest BCUT2D eigenvalue weighted by Crippen LogP contribution is 2.38. The average Bonchev–Trinajstić information content (AvgIpc) is 3.23. The lowest BCUT2D eigenvalue weighted by atomic mass is 9.96. The first-order valence-corrected chi connectivity index (χ1v) is 8.36. The van der Waals surface area contributed by atoms with Gasteiger partial charge in [0.2, 0.25) is 5.91 Å². The van der Waals surface area contributed by atoms with Crippen LogP contribution in [-0.2, 0) is 14.6 Å². The molecule has 0 heterocycles. The number of anilines is 1. The Bertz CT molecular complexity index is 619. The molecule has 0 radical (unpaired) electrons.